The van der Waals surface area contributed by atoms with E-state index in [1.165, 1.54) is 10.9 Å². The molecular formula is C22H20ClN5O2. The smallest absolute Gasteiger partial charge is 0.261 e. The van der Waals surface area contributed by atoms with Crippen molar-refractivity contribution in [3.8, 4) is 11.3 Å². The van der Waals surface area contributed by atoms with Crippen molar-refractivity contribution in [3.05, 3.63) is 75.9 Å². The molecule has 1 atom stereocenters. The molecule has 0 unspecified atom stereocenters. The minimum Gasteiger partial charge on any atom is -0.324 e. The molecule has 4 aromatic rings. The van der Waals surface area contributed by atoms with Crippen molar-refractivity contribution >= 4 is 34.1 Å². The normalized spacial score (nSPS) is 12.1. The highest BCUT2D eigenvalue weighted by Crippen LogP contribution is 2.24. The van der Waals surface area contributed by atoms with Gasteiger partial charge in [0.05, 0.1) is 29.1 Å². The number of hydrogen-bond acceptors (Lipinski definition) is 4. The maximum atomic E-state index is 12.8. The third-order valence-corrected chi connectivity index (χ3v) is 5.33. The van der Waals surface area contributed by atoms with Crippen molar-refractivity contribution in [2.24, 2.45) is 7.05 Å². The Labute approximate surface area is 177 Å². The highest BCUT2D eigenvalue weighted by molar-refractivity contribution is 6.31. The van der Waals surface area contributed by atoms with E-state index in [0.29, 0.717) is 21.6 Å². The molecule has 2 aromatic carbocycles. The number of amides is 1. The first-order valence-electron chi connectivity index (χ1n) is 9.41. The Kier molecular flexibility index (Phi) is 5.13. The maximum absolute atomic E-state index is 12.8. The van der Waals surface area contributed by atoms with Crippen molar-refractivity contribution in [2.75, 3.05) is 5.32 Å². The number of rotatable bonds is 4. The number of carbonyl (C=O) groups excluding carboxylic acids is 1. The molecule has 30 heavy (non-hydrogen) atoms. The second kappa shape index (κ2) is 7.76. The number of aromatic nitrogens is 4. The summed E-state index contributed by atoms with van der Waals surface area (Å²) in [5, 5.41) is 8.03. The Morgan fingerprint density at radius 3 is 2.57 bits per heavy atom. The molecule has 4 rings (SSSR count). The highest BCUT2D eigenvalue weighted by Gasteiger charge is 2.18. The number of nitrogens with one attached hydrogen (secondary N) is 1. The Morgan fingerprint density at radius 1 is 1.17 bits per heavy atom. The molecule has 0 saturated heterocycles. The molecule has 1 N–H and O–H groups in total. The van der Waals surface area contributed by atoms with Gasteiger partial charge in [0.1, 0.15) is 6.04 Å². The quantitative estimate of drug-likeness (QED) is 0.540. The van der Waals surface area contributed by atoms with Gasteiger partial charge in [-0.25, -0.2) is 4.98 Å². The SMILES string of the molecule is Cc1cnn(C)c1-c1ccc(NC(=O)[C@@H](C)n2cnc3cc(Cl)ccc3c2=O)cc1. The van der Waals surface area contributed by atoms with Crippen LogP contribution in [0.1, 0.15) is 18.5 Å². The first kappa shape index (κ1) is 19.8. The lowest BCUT2D eigenvalue weighted by Gasteiger charge is -2.15. The topological polar surface area (TPSA) is 81.8 Å². The molecule has 0 aliphatic carbocycles. The van der Waals surface area contributed by atoms with E-state index in [1.807, 2.05) is 49.1 Å². The lowest BCUT2D eigenvalue weighted by Crippen LogP contribution is -2.31. The molecular weight excluding hydrogens is 402 g/mol. The van der Waals surface area contributed by atoms with E-state index >= 15 is 0 Å². The molecule has 7 nitrogen and oxygen atoms in total. The zero-order valence-electron chi connectivity index (χ0n) is 16.8. The Morgan fingerprint density at radius 2 is 1.90 bits per heavy atom. The second-order valence-corrected chi connectivity index (χ2v) is 7.60. The monoisotopic (exact) mass is 421 g/mol. The summed E-state index contributed by atoms with van der Waals surface area (Å²) in [6.07, 6.45) is 3.19. The van der Waals surface area contributed by atoms with Gasteiger partial charge in [-0.2, -0.15) is 5.10 Å². The molecule has 0 fully saturated rings. The van der Waals surface area contributed by atoms with Gasteiger partial charge in [-0.05, 0) is 49.7 Å². The molecule has 2 aromatic heterocycles. The number of benzene rings is 2. The number of carbonyl (C=O) groups is 1. The zero-order chi connectivity index (χ0) is 21.4. The van der Waals surface area contributed by atoms with Crippen LogP contribution in [0.3, 0.4) is 0 Å². The standard InChI is InChI=1S/C22H20ClN5O2/c1-13-11-25-27(3)20(13)15-4-7-17(8-5-15)26-21(29)14(2)28-12-24-19-10-16(23)6-9-18(19)22(28)30/h4-12,14H,1-3H3,(H,26,29)/t14-/m1/s1. The van der Waals surface area contributed by atoms with Crippen LogP contribution in [0.25, 0.3) is 22.2 Å². The second-order valence-electron chi connectivity index (χ2n) is 7.16. The molecule has 0 spiro atoms. The van der Waals surface area contributed by atoms with E-state index in [9.17, 15) is 9.59 Å². The number of fused-ring (bicyclic) bond motifs is 1. The predicted octanol–water partition coefficient (Wildman–Crippen LogP) is 3.96. The molecule has 2 heterocycles. The van der Waals surface area contributed by atoms with Crippen LogP contribution in [0.2, 0.25) is 5.02 Å². The summed E-state index contributed by atoms with van der Waals surface area (Å²) in [5.74, 6) is -0.309. The van der Waals surface area contributed by atoms with Crippen molar-refractivity contribution in [1.29, 1.82) is 0 Å². The first-order chi connectivity index (χ1) is 14.3. The number of nitrogens with zero attached hydrogens (tertiary/aromatic N) is 4. The van der Waals surface area contributed by atoms with Crippen LogP contribution in [0, 0.1) is 6.92 Å². The summed E-state index contributed by atoms with van der Waals surface area (Å²) in [6.45, 7) is 3.66. The Bertz CT molecular complexity index is 1290. The van der Waals surface area contributed by atoms with Gasteiger partial charge in [0.2, 0.25) is 5.91 Å². The molecule has 0 bridgehead atoms. The van der Waals surface area contributed by atoms with Gasteiger partial charge in [0.15, 0.2) is 0 Å². The molecule has 152 valence electrons. The lowest BCUT2D eigenvalue weighted by molar-refractivity contribution is -0.118. The van der Waals surface area contributed by atoms with E-state index in [0.717, 1.165) is 16.8 Å². The van der Waals surface area contributed by atoms with Crippen LogP contribution >= 0.6 is 11.6 Å². The fourth-order valence-electron chi connectivity index (χ4n) is 3.43. The molecule has 0 radical (unpaired) electrons. The maximum Gasteiger partial charge on any atom is 0.261 e. The minimum atomic E-state index is -0.732. The number of hydrogen-bond donors (Lipinski definition) is 1. The Hall–Kier alpha value is -3.45. The van der Waals surface area contributed by atoms with Gasteiger partial charge in [-0.1, -0.05) is 23.7 Å². The molecule has 0 aliphatic heterocycles. The zero-order valence-corrected chi connectivity index (χ0v) is 17.5. The van der Waals surface area contributed by atoms with Crippen LogP contribution in [-0.2, 0) is 11.8 Å². The summed E-state index contributed by atoms with van der Waals surface area (Å²) in [5.41, 5.74) is 3.96. The average Bonchev–Trinajstić information content (AvgIpc) is 3.06. The molecule has 0 aliphatic rings. The summed E-state index contributed by atoms with van der Waals surface area (Å²) >= 11 is 5.96. The van der Waals surface area contributed by atoms with Crippen LogP contribution in [0.15, 0.2) is 59.8 Å². The number of halogens is 1. The molecule has 1 amide bonds. The fraction of sp³-hybridized carbons (Fsp3) is 0.182. The summed E-state index contributed by atoms with van der Waals surface area (Å²) < 4.78 is 3.14. The van der Waals surface area contributed by atoms with Gasteiger partial charge < -0.3 is 5.32 Å². The van der Waals surface area contributed by atoms with Crippen LogP contribution in [0.4, 0.5) is 5.69 Å². The van der Waals surface area contributed by atoms with Crippen molar-refractivity contribution in [1.82, 2.24) is 19.3 Å². The third-order valence-electron chi connectivity index (χ3n) is 5.09. The summed E-state index contributed by atoms with van der Waals surface area (Å²) in [4.78, 5) is 29.8. The van der Waals surface area contributed by atoms with Gasteiger partial charge in [-0.15, -0.1) is 0 Å². The van der Waals surface area contributed by atoms with Crippen molar-refractivity contribution in [3.63, 3.8) is 0 Å². The van der Waals surface area contributed by atoms with Gasteiger partial charge in [0, 0.05) is 23.3 Å². The lowest BCUT2D eigenvalue weighted by atomic mass is 10.1. The van der Waals surface area contributed by atoms with E-state index < -0.39 is 6.04 Å². The van der Waals surface area contributed by atoms with Gasteiger partial charge in [-0.3, -0.25) is 18.8 Å². The van der Waals surface area contributed by atoms with Crippen molar-refractivity contribution < 1.29 is 4.79 Å². The first-order valence-corrected chi connectivity index (χ1v) is 9.79. The van der Waals surface area contributed by atoms with Crippen molar-refractivity contribution in [2.45, 2.75) is 19.9 Å². The largest absolute Gasteiger partial charge is 0.324 e. The van der Waals surface area contributed by atoms with Gasteiger partial charge >= 0.3 is 0 Å². The predicted molar refractivity (Wildman–Crippen MR) is 118 cm³/mol. The third kappa shape index (κ3) is 3.59. The molecule has 0 saturated carbocycles. The summed E-state index contributed by atoms with van der Waals surface area (Å²) in [7, 11) is 1.89. The van der Waals surface area contributed by atoms with E-state index in [1.54, 1.807) is 25.1 Å². The minimum absolute atomic E-state index is 0.290. The highest BCUT2D eigenvalue weighted by atomic mass is 35.5. The van der Waals surface area contributed by atoms with E-state index in [4.69, 9.17) is 11.6 Å². The molecule has 8 heteroatoms. The summed E-state index contributed by atoms with van der Waals surface area (Å²) in [6, 6.07) is 11.7. The van der Waals surface area contributed by atoms with Crippen LogP contribution < -0.4 is 10.9 Å². The Balaban J connectivity index is 1.55. The fourth-order valence-corrected chi connectivity index (χ4v) is 3.60. The average molecular weight is 422 g/mol. The number of anilines is 1. The van der Waals surface area contributed by atoms with Crippen LogP contribution in [-0.4, -0.2) is 25.2 Å². The van der Waals surface area contributed by atoms with E-state index in [2.05, 4.69) is 15.4 Å². The van der Waals surface area contributed by atoms with Gasteiger partial charge in [0.25, 0.3) is 5.56 Å². The number of aryl methyl sites for hydroxylation is 2. The van der Waals surface area contributed by atoms with E-state index in [-0.39, 0.29) is 11.5 Å². The van der Waals surface area contributed by atoms with Crippen LogP contribution in [0.5, 0.6) is 0 Å².